The third-order valence-electron chi connectivity index (χ3n) is 3.40. The lowest BCUT2D eigenvalue weighted by Crippen LogP contribution is -2.43. The van der Waals surface area contributed by atoms with Gasteiger partial charge in [-0.2, -0.15) is 0 Å². The summed E-state index contributed by atoms with van der Waals surface area (Å²) in [6, 6.07) is 6.09. The fourth-order valence-corrected chi connectivity index (χ4v) is 2.16. The lowest BCUT2D eigenvalue weighted by molar-refractivity contribution is -0.120. The van der Waals surface area contributed by atoms with Crippen molar-refractivity contribution in [1.29, 1.82) is 0 Å². The quantitative estimate of drug-likeness (QED) is 0.436. The molecule has 0 heterocycles. The van der Waals surface area contributed by atoms with Crippen molar-refractivity contribution in [2.45, 2.75) is 26.2 Å². The zero-order valence-corrected chi connectivity index (χ0v) is 14.2. The van der Waals surface area contributed by atoms with Gasteiger partial charge in [-0.1, -0.05) is 25.5 Å². The van der Waals surface area contributed by atoms with Crippen molar-refractivity contribution < 1.29 is 9.18 Å². The SMILES string of the molecule is CCCCN(C)C(=NC)NCCNC(=O)Cc1cccc(F)c1. The number of carbonyl (C=O) groups is 1. The maximum atomic E-state index is 13.1. The topological polar surface area (TPSA) is 56.7 Å². The number of hydrogen-bond donors (Lipinski definition) is 2. The number of amides is 1. The molecule has 6 heteroatoms. The number of rotatable bonds is 8. The van der Waals surface area contributed by atoms with Gasteiger partial charge in [0.05, 0.1) is 6.42 Å². The first-order chi connectivity index (χ1) is 11.1. The van der Waals surface area contributed by atoms with Gasteiger partial charge in [0.1, 0.15) is 5.82 Å². The summed E-state index contributed by atoms with van der Waals surface area (Å²) < 4.78 is 13.1. The van der Waals surface area contributed by atoms with E-state index < -0.39 is 0 Å². The van der Waals surface area contributed by atoms with Crippen molar-refractivity contribution in [2.75, 3.05) is 33.7 Å². The largest absolute Gasteiger partial charge is 0.354 e. The number of halogens is 1. The molecule has 0 fully saturated rings. The molecule has 0 spiro atoms. The van der Waals surface area contributed by atoms with E-state index in [0.29, 0.717) is 18.7 Å². The summed E-state index contributed by atoms with van der Waals surface area (Å²) in [5.41, 5.74) is 0.672. The highest BCUT2D eigenvalue weighted by Crippen LogP contribution is 2.03. The Morgan fingerprint density at radius 2 is 2.04 bits per heavy atom. The molecule has 0 radical (unpaired) electrons. The summed E-state index contributed by atoms with van der Waals surface area (Å²) in [4.78, 5) is 18.1. The van der Waals surface area contributed by atoms with Gasteiger partial charge in [0.15, 0.2) is 5.96 Å². The minimum Gasteiger partial charge on any atom is -0.354 e. The minimum atomic E-state index is -0.323. The molecule has 0 aliphatic rings. The van der Waals surface area contributed by atoms with Gasteiger partial charge in [0.25, 0.3) is 0 Å². The molecule has 1 aromatic rings. The molecule has 23 heavy (non-hydrogen) atoms. The number of unbranched alkanes of at least 4 members (excludes halogenated alkanes) is 1. The Labute approximate surface area is 138 Å². The van der Waals surface area contributed by atoms with E-state index in [2.05, 4.69) is 27.4 Å². The monoisotopic (exact) mass is 322 g/mol. The third-order valence-corrected chi connectivity index (χ3v) is 3.40. The van der Waals surface area contributed by atoms with Crippen LogP contribution in [0.5, 0.6) is 0 Å². The first-order valence-electron chi connectivity index (χ1n) is 7.99. The average molecular weight is 322 g/mol. The highest BCUT2D eigenvalue weighted by atomic mass is 19.1. The van der Waals surface area contributed by atoms with E-state index in [1.807, 2.05) is 7.05 Å². The molecule has 0 aliphatic heterocycles. The molecular weight excluding hydrogens is 295 g/mol. The molecule has 0 unspecified atom stereocenters. The lowest BCUT2D eigenvalue weighted by Gasteiger charge is -2.21. The Morgan fingerprint density at radius 3 is 2.70 bits per heavy atom. The van der Waals surface area contributed by atoms with Gasteiger partial charge in [-0.3, -0.25) is 9.79 Å². The van der Waals surface area contributed by atoms with Crippen molar-refractivity contribution in [2.24, 2.45) is 4.99 Å². The zero-order chi connectivity index (χ0) is 17.1. The summed E-state index contributed by atoms with van der Waals surface area (Å²) in [5.74, 6) is 0.375. The molecular formula is C17H27FN4O. The Hall–Kier alpha value is -2.11. The number of nitrogens with one attached hydrogen (secondary N) is 2. The molecule has 0 aliphatic carbocycles. The third kappa shape index (κ3) is 7.63. The van der Waals surface area contributed by atoms with Crippen LogP contribution in [0.4, 0.5) is 4.39 Å². The molecule has 0 aromatic heterocycles. The summed E-state index contributed by atoms with van der Waals surface area (Å²) in [7, 11) is 3.74. The van der Waals surface area contributed by atoms with Gasteiger partial charge in [-0.05, 0) is 24.1 Å². The van der Waals surface area contributed by atoms with Gasteiger partial charge in [0, 0.05) is 33.7 Å². The smallest absolute Gasteiger partial charge is 0.224 e. The van der Waals surface area contributed by atoms with Crippen molar-refractivity contribution in [3.8, 4) is 0 Å². The van der Waals surface area contributed by atoms with Gasteiger partial charge < -0.3 is 15.5 Å². The highest BCUT2D eigenvalue weighted by molar-refractivity contribution is 5.80. The molecule has 0 saturated heterocycles. The number of benzene rings is 1. The molecule has 0 saturated carbocycles. The van der Waals surface area contributed by atoms with Crippen molar-refractivity contribution in [1.82, 2.24) is 15.5 Å². The standard InChI is InChI=1S/C17H27FN4O/c1-4-5-11-22(3)17(19-2)21-10-9-20-16(23)13-14-7-6-8-15(18)12-14/h6-8,12H,4-5,9-11,13H2,1-3H3,(H,19,21)(H,20,23). The van der Waals surface area contributed by atoms with Crippen LogP contribution in [0.25, 0.3) is 0 Å². The van der Waals surface area contributed by atoms with Crippen LogP contribution < -0.4 is 10.6 Å². The van der Waals surface area contributed by atoms with Crippen LogP contribution >= 0.6 is 0 Å². The first-order valence-corrected chi connectivity index (χ1v) is 7.99. The van der Waals surface area contributed by atoms with Gasteiger partial charge in [-0.15, -0.1) is 0 Å². The predicted molar refractivity (Wildman–Crippen MR) is 92.0 cm³/mol. The van der Waals surface area contributed by atoms with Crippen LogP contribution in [0, 0.1) is 5.82 Å². The first kappa shape index (κ1) is 18.9. The lowest BCUT2D eigenvalue weighted by atomic mass is 10.1. The Kier molecular flexibility index (Phi) is 8.72. The maximum Gasteiger partial charge on any atom is 0.224 e. The number of guanidine groups is 1. The zero-order valence-electron chi connectivity index (χ0n) is 14.2. The van der Waals surface area contributed by atoms with Crippen molar-refractivity contribution in [3.63, 3.8) is 0 Å². The number of hydrogen-bond acceptors (Lipinski definition) is 2. The van der Waals surface area contributed by atoms with Crippen LogP contribution in [0.1, 0.15) is 25.3 Å². The summed E-state index contributed by atoms with van der Waals surface area (Å²) in [6.45, 7) is 4.19. The Morgan fingerprint density at radius 1 is 1.30 bits per heavy atom. The number of aliphatic imine (C=N–C) groups is 1. The van der Waals surface area contributed by atoms with Crippen LogP contribution in [0.2, 0.25) is 0 Å². The molecule has 128 valence electrons. The predicted octanol–water partition coefficient (Wildman–Crippen LogP) is 1.79. The van der Waals surface area contributed by atoms with Crippen molar-refractivity contribution in [3.05, 3.63) is 35.6 Å². The molecule has 2 N–H and O–H groups in total. The van der Waals surface area contributed by atoms with Gasteiger partial charge >= 0.3 is 0 Å². The van der Waals surface area contributed by atoms with E-state index in [1.54, 1.807) is 19.2 Å². The number of nitrogens with zero attached hydrogens (tertiary/aromatic N) is 2. The van der Waals surface area contributed by atoms with Crippen molar-refractivity contribution >= 4 is 11.9 Å². The fraction of sp³-hybridized carbons (Fsp3) is 0.529. The molecule has 0 atom stereocenters. The highest BCUT2D eigenvalue weighted by Gasteiger charge is 2.06. The van der Waals surface area contributed by atoms with E-state index in [9.17, 15) is 9.18 Å². The average Bonchev–Trinajstić information content (AvgIpc) is 2.52. The molecule has 0 bridgehead atoms. The molecule has 1 amide bonds. The van der Waals surface area contributed by atoms with E-state index in [-0.39, 0.29) is 18.1 Å². The molecule has 5 nitrogen and oxygen atoms in total. The molecule has 1 aromatic carbocycles. The minimum absolute atomic E-state index is 0.119. The second-order valence-electron chi connectivity index (χ2n) is 5.41. The summed E-state index contributed by atoms with van der Waals surface area (Å²) in [5, 5.41) is 6.02. The van der Waals surface area contributed by atoms with E-state index >= 15 is 0 Å². The normalized spacial score (nSPS) is 11.2. The van der Waals surface area contributed by atoms with Gasteiger partial charge in [-0.25, -0.2) is 4.39 Å². The molecule has 1 rings (SSSR count). The Bertz CT molecular complexity index is 519. The second-order valence-corrected chi connectivity index (χ2v) is 5.41. The summed E-state index contributed by atoms with van der Waals surface area (Å²) in [6.07, 6.45) is 2.43. The van der Waals surface area contributed by atoms with Crippen LogP contribution in [-0.2, 0) is 11.2 Å². The fourth-order valence-electron chi connectivity index (χ4n) is 2.16. The van der Waals surface area contributed by atoms with Crippen LogP contribution in [0.3, 0.4) is 0 Å². The van der Waals surface area contributed by atoms with Crippen LogP contribution in [0.15, 0.2) is 29.3 Å². The summed E-state index contributed by atoms with van der Waals surface area (Å²) >= 11 is 0. The van der Waals surface area contributed by atoms with Crippen LogP contribution in [-0.4, -0.2) is 50.5 Å². The van der Waals surface area contributed by atoms with E-state index in [4.69, 9.17) is 0 Å². The van der Waals surface area contributed by atoms with E-state index in [0.717, 1.165) is 25.3 Å². The second kappa shape index (κ2) is 10.6. The maximum absolute atomic E-state index is 13.1. The van der Waals surface area contributed by atoms with Gasteiger partial charge in [0.2, 0.25) is 5.91 Å². The Balaban J connectivity index is 2.26. The number of carbonyl (C=O) groups excluding carboxylic acids is 1. The van der Waals surface area contributed by atoms with E-state index in [1.165, 1.54) is 12.1 Å².